The van der Waals surface area contributed by atoms with Gasteiger partial charge < -0.3 is 23.7 Å². The largest absolute Gasteiger partial charge is 0.494 e. The van der Waals surface area contributed by atoms with Crippen molar-refractivity contribution < 1.29 is 28.5 Å². The Morgan fingerprint density at radius 3 is 1.98 bits per heavy atom. The van der Waals surface area contributed by atoms with Crippen molar-refractivity contribution in [2.75, 3.05) is 35.5 Å². The van der Waals surface area contributed by atoms with Crippen molar-refractivity contribution in [2.24, 2.45) is 0 Å². The van der Waals surface area contributed by atoms with Crippen LogP contribution in [0.2, 0.25) is 0 Å². The quantitative estimate of drug-likeness (QED) is 0.222. The molecule has 12 nitrogen and oxygen atoms in total. The van der Waals surface area contributed by atoms with E-state index in [1.807, 2.05) is 0 Å². The van der Waals surface area contributed by atoms with E-state index in [2.05, 4.69) is 15.0 Å². The Kier molecular flexibility index (Phi) is 9.34. The molecule has 228 valence electrons. The molecule has 0 N–H and O–H groups in total. The molecule has 0 amide bonds. The number of hydrogen-bond acceptors (Lipinski definition) is 11. The van der Waals surface area contributed by atoms with Crippen LogP contribution in [0.15, 0.2) is 53.7 Å². The summed E-state index contributed by atoms with van der Waals surface area (Å²) >= 11 is 0. The zero-order valence-corrected chi connectivity index (χ0v) is 25.9. The summed E-state index contributed by atoms with van der Waals surface area (Å²) in [6.07, 6.45) is 4.67. The van der Waals surface area contributed by atoms with Gasteiger partial charge in [0.2, 0.25) is 5.75 Å². The molecule has 0 spiro atoms. The molecule has 0 aliphatic heterocycles. The Balaban J connectivity index is 0.00000442. The number of halogens is 1. The van der Waals surface area contributed by atoms with Crippen LogP contribution < -0.4 is 24.5 Å². The molecule has 0 bridgehead atoms. The third-order valence-corrected chi connectivity index (χ3v) is 6.90. The second-order valence-corrected chi connectivity index (χ2v) is 9.33. The Labute approximate surface area is 259 Å². The van der Waals surface area contributed by atoms with Gasteiger partial charge in [0.25, 0.3) is 5.56 Å². The molecule has 0 radical (unpaired) electrons. The number of aryl methyl sites for hydroxylation is 2. The maximum atomic E-state index is 14.7. The van der Waals surface area contributed by atoms with Gasteiger partial charge in [-0.2, -0.15) is 0 Å². The highest BCUT2D eigenvalue weighted by molar-refractivity contribution is 6.12. The number of carbonyl (C=O) groups excluding carboxylic acids is 1. The second-order valence-electron chi connectivity index (χ2n) is 9.33. The molecule has 1 aromatic carbocycles. The molecule has 5 rings (SSSR count). The van der Waals surface area contributed by atoms with E-state index >= 15 is 0 Å². The van der Waals surface area contributed by atoms with Crippen LogP contribution in [-0.4, -0.2) is 66.0 Å². The summed E-state index contributed by atoms with van der Waals surface area (Å²) in [6, 6.07) is 8.35. The van der Waals surface area contributed by atoms with E-state index in [1.54, 1.807) is 62.8 Å². The minimum absolute atomic E-state index is 0. The number of rotatable bonds is 8. The van der Waals surface area contributed by atoms with Crippen LogP contribution in [0.5, 0.6) is 23.0 Å². The predicted octanol–water partition coefficient (Wildman–Crippen LogP) is 4.76. The summed E-state index contributed by atoms with van der Waals surface area (Å²) in [5.41, 5.74) is 1.78. The molecule has 0 saturated carbocycles. The van der Waals surface area contributed by atoms with Gasteiger partial charge in [-0.15, -0.1) is 12.4 Å². The maximum absolute atomic E-state index is 14.7. The van der Waals surface area contributed by atoms with Crippen LogP contribution in [0.1, 0.15) is 21.9 Å². The molecule has 0 atom stereocenters. The van der Waals surface area contributed by atoms with E-state index in [1.165, 1.54) is 40.1 Å². The summed E-state index contributed by atoms with van der Waals surface area (Å²) in [5, 5.41) is 0.429. The SMILES string of the molecule is COC(=O)c1c(-c2cc(OC)c(OC)c(OC)c2)c2c(OC)c(C)nc(-c3ncccn3)c2c(=O)n1-c1ccnc(C)c1.Cl. The summed E-state index contributed by atoms with van der Waals surface area (Å²) in [7, 11) is 7.18. The molecule has 0 unspecified atom stereocenters. The van der Waals surface area contributed by atoms with Crippen molar-refractivity contribution in [1.82, 2.24) is 24.5 Å². The smallest absolute Gasteiger partial charge is 0.355 e. The normalized spacial score (nSPS) is 10.6. The fraction of sp³-hybridized carbons (Fsp3) is 0.226. The summed E-state index contributed by atoms with van der Waals surface area (Å²) in [4.78, 5) is 46.2. The Morgan fingerprint density at radius 2 is 1.43 bits per heavy atom. The minimum Gasteiger partial charge on any atom is -0.494 e. The standard InChI is InChI=1S/C31H29N5O7.ClH/c1-16-13-19(9-12-32-16)36-26(31(38)43-7)22(18-14-20(39-3)28(42-6)21(15-18)40-4)23-24(30(36)37)25(29-33-10-8-11-34-29)35-17(2)27(23)41-5;/h8-15H,1-7H3;1H. The zero-order chi connectivity index (χ0) is 30.8. The zero-order valence-electron chi connectivity index (χ0n) is 25.1. The van der Waals surface area contributed by atoms with Crippen LogP contribution in [-0.2, 0) is 4.74 Å². The lowest BCUT2D eigenvalue weighted by atomic mass is 9.93. The number of ether oxygens (including phenoxy) is 5. The van der Waals surface area contributed by atoms with E-state index < -0.39 is 11.5 Å². The number of benzene rings is 1. The van der Waals surface area contributed by atoms with Gasteiger partial charge in [-0.05, 0) is 49.7 Å². The first kappa shape index (κ1) is 31.7. The molecule has 5 aromatic rings. The van der Waals surface area contributed by atoms with Crippen molar-refractivity contribution in [3.05, 3.63) is 76.4 Å². The number of esters is 1. The maximum Gasteiger partial charge on any atom is 0.355 e. The lowest BCUT2D eigenvalue weighted by molar-refractivity contribution is 0.0591. The Hall–Kier alpha value is -5.23. The van der Waals surface area contributed by atoms with Gasteiger partial charge in [-0.1, -0.05) is 0 Å². The van der Waals surface area contributed by atoms with Gasteiger partial charge >= 0.3 is 5.97 Å². The average molecular weight is 620 g/mol. The van der Waals surface area contributed by atoms with Gasteiger partial charge in [0.1, 0.15) is 17.1 Å². The topological polar surface area (TPSA) is 137 Å². The Bertz CT molecular complexity index is 1900. The fourth-order valence-electron chi connectivity index (χ4n) is 5.12. The van der Waals surface area contributed by atoms with Crippen molar-refractivity contribution in [3.63, 3.8) is 0 Å². The van der Waals surface area contributed by atoms with E-state index in [9.17, 15) is 9.59 Å². The summed E-state index contributed by atoms with van der Waals surface area (Å²) in [5.74, 6) is 0.725. The predicted molar refractivity (Wildman–Crippen MR) is 166 cm³/mol. The number of nitrogens with zero attached hydrogens (tertiary/aromatic N) is 5. The third-order valence-electron chi connectivity index (χ3n) is 6.90. The number of pyridine rings is 3. The van der Waals surface area contributed by atoms with E-state index in [0.717, 1.165) is 0 Å². The van der Waals surface area contributed by atoms with Gasteiger partial charge in [0.15, 0.2) is 17.3 Å². The molecule has 0 aliphatic rings. The molecular weight excluding hydrogens is 590 g/mol. The molecule has 4 heterocycles. The van der Waals surface area contributed by atoms with E-state index in [-0.39, 0.29) is 40.8 Å². The van der Waals surface area contributed by atoms with Crippen molar-refractivity contribution in [3.8, 4) is 51.3 Å². The summed E-state index contributed by atoms with van der Waals surface area (Å²) in [6.45, 7) is 3.52. The van der Waals surface area contributed by atoms with E-state index in [0.29, 0.717) is 50.8 Å². The van der Waals surface area contributed by atoms with Crippen LogP contribution in [0, 0.1) is 13.8 Å². The number of fused-ring (bicyclic) bond motifs is 1. The van der Waals surface area contributed by atoms with Crippen LogP contribution in [0.3, 0.4) is 0 Å². The highest BCUT2D eigenvalue weighted by Crippen LogP contribution is 2.46. The van der Waals surface area contributed by atoms with Gasteiger partial charge in [-0.3, -0.25) is 14.3 Å². The highest BCUT2D eigenvalue weighted by Gasteiger charge is 2.32. The number of hydrogen-bond donors (Lipinski definition) is 0. The van der Waals surface area contributed by atoms with Crippen LogP contribution in [0.25, 0.3) is 39.1 Å². The minimum atomic E-state index is -0.772. The third kappa shape index (κ3) is 5.24. The number of methoxy groups -OCH3 is 5. The molecule has 4 aromatic heterocycles. The lowest BCUT2D eigenvalue weighted by Crippen LogP contribution is -2.28. The monoisotopic (exact) mass is 619 g/mol. The highest BCUT2D eigenvalue weighted by atomic mass is 35.5. The first-order valence-corrected chi connectivity index (χ1v) is 13.1. The molecule has 44 heavy (non-hydrogen) atoms. The molecule has 0 saturated heterocycles. The molecule has 0 aliphatic carbocycles. The average Bonchev–Trinajstić information content (AvgIpc) is 3.03. The lowest BCUT2D eigenvalue weighted by Gasteiger charge is -2.23. The van der Waals surface area contributed by atoms with Gasteiger partial charge in [0, 0.05) is 35.2 Å². The number of aromatic nitrogens is 5. The van der Waals surface area contributed by atoms with Crippen LogP contribution >= 0.6 is 12.4 Å². The summed E-state index contributed by atoms with van der Waals surface area (Å²) < 4.78 is 29.3. The fourth-order valence-corrected chi connectivity index (χ4v) is 5.12. The van der Waals surface area contributed by atoms with Crippen molar-refractivity contribution >= 4 is 29.1 Å². The first-order chi connectivity index (χ1) is 20.8. The first-order valence-electron chi connectivity index (χ1n) is 13.1. The Morgan fingerprint density at radius 1 is 0.795 bits per heavy atom. The van der Waals surface area contributed by atoms with Crippen molar-refractivity contribution in [2.45, 2.75) is 13.8 Å². The van der Waals surface area contributed by atoms with Gasteiger partial charge in [0.05, 0.1) is 52.3 Å². The molecule has 0 fully saturated rings. The van der Waals surface area contributed by atoms with E-state index in [4.69, 9.17) is 28.7 Å². The number of carbonyl (C=O) groups is 1. The van der Waals surface area contributed by atoms with Crippen molar-refractivity contribution in [1.29, 1.82) is 0 Å². The molecular formula is C31H30ClN5O7. The van der Waals surface area contributed by atoms with Gasteiger partial charge in [-0.25, -0.2) is 19.7 Å². The van der Waals surface area contributed by atoms with Crippen LogP contribution in [0.4, 0.5) is 0 Å². The second kappa shape index (κ2) is 13.0. The molecule has 13 heteroatoms.